The summed E-state index contributed by atoms with van der Waals surface area (Å²) >= 11 is 0. The molecule has 0 aromatic rings. The first-order chi connectivity index (χ1) is 7.74. The van der Waals surface area contributed by atoms with Crippen molar-refractivity contribution in [1.82, 2.24) is 0 Å². The zero-order valence-corrected chi connectivity index (χ0v) is 8.92. The van der Waals surface area contributed by atoms with Crippen molar-refractivity contribution in [2.45, 2.75) is 37.9 Å². The first-order valence-electron chi connectivity index (χ1n) is 5.46. The summed E-state index contributed by atoms with van der Waals surface area (Å²) < 4.78 is 9.94. The van der Waals surface area contributed by atoms with Crippen LogP contribution in [0, 0.1) is 0 Å². The molecule has 0 aliphatic carbocycles. The molecule has 2 heterocycles. The first kappa shape index (κ1) is 11.0. The van der Waals surface area contributed by atoms with Gasteiger partial charge in [0.2, 0.25) is 0 Å². The third-order valence-corrected chi connectivity index (χ3v) is 2.61. The van der Waals surface area contributed by atoms with E-state index in [0.29, 0.717) is 25.9 Å². The maximum Gasteiger partial charge on any atom is 0.306 e. The van der Waals surface area contributed by atoms with Crippen molar-refractivity contribution >= 4 is 11.9 Å². The van der Waals surface area contributed by atoms with E-state index in [4.69, 9.17) is 9.47 Å². The highest BCUT2D eigenvalue weighted by Gasteiger charge is 2.24. The molecule has 6 heteroatoms. The van der Waals surface area contributed by atoms with Crippen LogP contribution in [0.15, 0.2) is 10.2 Å². The first-order valence-corrected chi connectivity index (χ1v) is 5.46. The Labute approximate surface area is 93.0 Å². The molecule has 0 amide bonds. The summed E-state index contributed by atoms with van der Waals surface area (Å²) in [5, 5.41) is 7.87. The minimum atomic E-state index is -0.162. The lowest BCUT2D eigenvalue weighted by atomic mass is 10.2. The highest BCUT2D eigenvalue weighted by Crippen LogP contribution is 2.15. The Kier molecular flexibility index (Phi) is 3.48. The predicted molar refractivity (Wildman–Crippen MR) is 52.8 cm³/mol. The Bertz CT molecular complexity index is 286. The molecule has 0 spiro atoms. The highest BCUT2D eigenvalue weighted by molar-refractivity contribution is 5.71. The SMILES string of the molecule is O=C1CCC(CN=NCC2CCC(=O)O2)O1. The fourth-order valence-corrected chi connectivity index (χ4v) is 1.72. The second-order valence-corrected chi connectivity index (χ2v) is 3.95. The van der Waals surface area contributed by atoms with Crippen LogP contribution in [0.3, 0.4) is 0 Å². The molecule has 2 atom stereocenters. The van der Waals surface area contributed by atoms with Gasteiger partial charge in [0.25, 0.3) is 0 Å². The molecule has 16 heavy (non-hydrogen) atoms. The van der Waals surface area contributed by atoms with Crippen molar-refractivity contribution in [3.05, 3.63) is 0 Å². The third kappa shape index (κ3) is 3.01. The molecular formula is C10H14N2O4. The molecule has 0 saturated carbocycles. The van der Waals surface area contributed by atoms with Gasteiger partial charge in [0.1, 0.15) is 12.2 Å². The Morgan fingerprint density at radius 3 is 1.69 bits per heavy atom. The van der Waals surface area contributed by atoms with Gasteiger partial charge in [-0.3, -0.25) is 9.59 Å². The molecule has 0 bridgehead atoms. The van der Waals surface area contributed by atoms with Gasteiger partial charge in [-0.25, -0.2) is 0 Å². The van der Waals surface area contributed by atoms with Gasteiger partial charge in [0.15, 0.2) is 0 Å². The normalized spacial score (nSPS) is 29.8. The molecule has 2 aliphatic rings. The fraction of sp³-hybridized carbons (Fsp3) is 0.800. The summed E-state index contributed by atoms with van der Waals surface area (Å²) in [6.07, 6.45) is 2.14. The maximum absolute atomic E-state index is 10.8. The van der Waals surface area contributed by atoms with Gasteiger partial charge in [-0.2, -0.15) is 10.2 Å². The van der Waals surface area contributed by atoms with Gasteiger partial charge in [0.05, 0.1) is 13.1 Å². The third-order valence-electron chi connectivity index (χ3n) is 2.61. The van der Waals surface area contributed by atoms with Crippen molar-refractivity contribution in [3.8, 4) is 0 Å². The van der Waals surface area contributed by atoms with E-state index in [-0.39, 0.29) is 24.1 Å². The van der Waals surface area contributed by atoms with Crippen LogP contribution in [-0.2, 0) is 19.1 Å². The van der Waals surface area contributed by atoms with Crippen LogP contribution >= 0.6 is 0 Å². The van der Waals surface area contributed by atoms with Gasteiger partial charge >= 0.3 is 11.9 Å². The molecule has 0 radical (unpaired) electrons. The summed E-state index contributed by atoms with van der Waals surface area (Å²) in [6.45, 7) is 0.818. The van der Waals surface area contributed by atoms with E-state index in [1.165, 1.54) is 0 Å². The van der Waals surface area contributed by atoms with Crippen LogP contribution in [0.25, 0.3) is 0 Å². The lowest BCUT2D eigenvalue weighted by Crippen LogP contribution is -2.12. The molecule has 0 aromatic carbocycles. The van der Waals surface area contributed by atoms with Crippen molar-refractivity contribution < 1.29 is 19.1 Å². The monoisotopic (exact) mass is 226 g/mol. The van der Waals surface area contributed by atoms with Gasteiger partial charge in [-0.15, -0.1) is 0 Å². The van der Waals surface area contributed by atoms with Crippen LogP contribution in [0.4, 0.5) is 0 Å². The zero-order valence-electron chi connectivity index (χ0n) is 8.92. The van der Waals surface area contributed by atoms with Crippen LogP contribution in [0.1, 0.15) is 25.7 Å². The highest BCUT2D eigenvalue weighted by atomic mass is 16.6. The summed E-state index contributed by atoms with van der Waals surface area (Å²) in [5.74, 6) is -0.324. The average Bonchev–Trinajstić information content (AvgIpc) is 2.83. The standard InChI is InChI=1S/C10H14N2O4/c13-9-3-1-7(15-9)5-11-12-6-8-2-4-10(14)16-8/h7-8H,1-6H2. The Morgan fingerprint density at radius 2 is 1.38 bits per heavy atom. The van der Waals surface area contributed by atoms with Crippen LogP contribution in [0.5, 0.6) is 0 Å². The van der Waals surface area contributed by atoms with E-state index in [2.05, 4.69) is 10.2 Å². The van der Waals surface area contributed by atoms with E-state index in [9.17, 15) is 9.59 Å². The van der Waals surface area contributed by atoms with E-state index in [1.54, 1.807) is 0 Å². The minimum Gasteiger partial charge on any atom is -0.460 e. The fourth-order valence-electron chi connectivity index (χ4n) is 1.72. The smallest absolute Gasteiger partial charge is 0.306 e. The second-order valence-electron chi connectivity index (χ2n) is 3.95. The molecule has 0 N–H and O–H groups in total. The predicted octanol–water partition coefficient (Wildman–Crippen LogP) is 0.850. The van der Waals surface area contributed by atoms with E-state index >= 15 is 0 Å². The number of carbonyl (C=O) groups excluding carboxylic acids is 2. The minimum absolute atomic E-state index is 0.123. The summed E-state index contributed by atoms with van der Waals surface area (Å²) in [7, 11) is 0. The van der Waals surface area contributed by atoms with Crippen molar-refractivity contribution in [2.75, 3.05) is 13.1 Å². The zero-order chi connectivity index (χ0) is 11.4. The number of esters is 2. The molecule has 2 aliphatic heterocycles. The van der Waals surface area contributed by atoms with E-state index in [1.807, 2.05) is 0 Å². The number of rotatable bonds is 4. The van der Waals surface area contributed by atoms with Crippen molar-refractivity contribution in [1.29, 1.82) is 0 Å². The lowest BCUT2D eigenvalue weighted by Gasteiger charge is -2.05. The molecule has 2 unspecified atom stereocenters. The second kappa shape index (κ2) is 5.05. The lowest BCUT2D eigenvalue weighted by molar-refractivity contribution is -0.142. The average molecular weight is 226 g/mol. The van der Waals surface area contributed by atoms with Crippen LogP contribution in [0.2, 0.25) is 0 Å². The van der Waals surface area contributed by atoms with E-state index in [0.717, 1.165) is 12.8 Å². The molecular weight excluding hydrogens is 212 g/mol. The van der Waals surface area contributed by atoms with Crippen LogP contribution < -0.4 is 0 Å². The number of ether oxygens (including phenoxy) is 2. The number of cyclic esters (lactones) is 2. The number of nitrogens with zero attached hydrogens (tertiary/aromatic N) is 2. The Morgan fingerprint density at radius 1 is 0.938 bits per heavy atom. The topological polar surface area (TPSA) is 77.3 Å². The van der Waals surface area contributed by atoms with Gasteiger partial charge < -0.3 is 9.47 Å². The quantitative estimate of drug-likeness (QED) is 0.526. The largest absolute Gasteiger partial charge is 0.460 e. The van der Waals surface area contributed by atoms with Crippen molar-refractivity contribution in [2.24, 2.45) is 10.2 Å². The Balaban J connectivity index is 1.62. The molecule has 88 valence electrons. The number of azo groups is 1. The van der Waals surface area contributed by atoms with Crippen molar-refractivity contribution in [3.63, 3.8) is 0 Å². The molecule has 2 saturated heterocycles. The molecule has 0 aromatic heterocycles. The summed E-state index contributed by atoms with van der Waals surface area (Å²) in [5.41, 5.74) is 0. The number of hydrogen-bond donors (Lipinski definition) is 0. The summed E-state index contributed by atoms with van der Waals surface area (Å²) in [4.78, 5) is 21.6. The number of carbonyl (C=O) groups is 2. The molecule has 2 fully saturated rings. The summed E-state index contributed by atoms with van der Waals surface area (Å²) in [6, 6.07) is 0. The van der Waals surface area contributed by atoms with E-state index < -0.39 is 0 Å². The van der Waals surface area contributed by atoms with Crippen LogP contribution in [-0.4, -0.2) is 37.2 Å². The molecule has 6 nitrogen and oxygen atoms in total. The Hall–Kier alpha value is -1.46. The van der Waals surface area contributed by atoms with Gasteiger partial charge in [-0.05, 0) is 12.8 Å². The van der Waals surface area contributed by atoms with Gasteiger partial charge in [-0.1, -0.05) is 0 Å². The maximum atomic E-state index is 10.8. The molecule has 2 rings (SSSR count). The van der Waals surface area contributed by atoms with Gasteiger partial charge in [0, 0.05) is 12.8 Å². The number of hydrogen-bond acceptors (Lipinski definition) is 6.